The zero-order chi connectivity index (χ0) is 33.7. The second-order valence-corrected chi connectivity index (χ2v) is 14.8. The van der Waals surface area contributed by atoms with Crippen molar-refractivity contribution in [3.8, 4) is 22.3 Å². The van der Waals surface area contributed by atoms with Crippen LogP contribution in [0.5, 0.6) is 0 Å². The van der Waals surface area contributed by atoms with Crippen LogP contribution in [0.25, 0.3) is 65.9 Å². The van der Waals surface area contributed by atoms with Crippen LogP contribution in [-0.4, -0.2) is 0 Å². The molecule has 1 aromatic heterocycles. The lowest BCUT2D eigenvalue weighted by Crippen LogP contribution is -2.25. The highest BCUT2D eigenvalue weighted by Gasteiger charge is 2.48. The van der Waals surface area contributed by atoms with Gasteiger partial charge in [-0.1, -0.05) is 150 Å². The quantitative estimate of drug-likeness (QED) is 0.184. The third-order valence-corrected chi connectivity index (χ3v) is 11.5. The lowest BCUT2D eigenvalue weighted by molar-refractivity contribution is 0.593. The van der Waals surface area contributed by atoms with Crippen LogP contribution in [0, 0.1) is 0 Å². The fourth-order valence-corrected chi connectivity index (χ4v) is 9.17. The van der Waals surface area contributed by atoms with Gasteiger partial charge in [-0.05, 0) is 101 Å². The monoisotopic (exact) mass is 632 g/mol. The Morgan fingerprint density at radius 1 is 0.673 bits per heavy atom. The number of rotatable bonds is 5. The Kier molecular flexibility index (Phi) is 6.40. The fraction of sp³-hybridized carbons (Fsp3) is 0.167. The first-order valence-corrected chi connectivity index (χ1v) is 17.5. The van der Waals surface area contributed by atoms with Gasteiger partial charge in [0.05, 0.1) is 6.26 Å². The number of benzene rings is 6. The van der Waals surface area contributed by atoms with Crippen molar-refractivity contribution < 1.29 is 4.42 Å². The maximum atomic E-state index is 6.45. The molecule has 0 N–H and O–H groups in total. The van der Waals surface area contributed by atoms with Crippen LogP contribution in [-0.2, 0) is 10.8 Å². The molecule has 0 saturated carbocycles. The van der Waals surface area contributed by atoms with Gasteiger partial charge in [0.2, 0.25) is 0 Å². The second-order valence-electron chi connectivity index (χ2n) is 14.8. The summed E-state index contributed by atoms with van der Waals surface area (Å²) < 4.78 is 6.45. The molecule has 0 bridgehead atoms. The molecule has 0 radical (unpaired) electrons. The van der Waals surface area contributed by atoms with Crippen LogP contribution in [0.4, 0.5) is 0 Å². The normalized spacial score (nSPS) is 16.0. The van der Waals surface area contributed by atoms with Crippen molar-refractivity contribution in [1.82, 2.24) is 0 Å². The second kappa shape index (κ2) is 10.5. The van der Waals surface area contributed by atoms with E-state index in [9.17, 15) is 0 Å². The van der Waals surface area contributed by atoms with Gasteiger partial charge in [0.1, 0.15) is 5.58 Å². The molecule has 0 atom stereocenters. The van der Waals surface area contributed by atoms with Gasteiger partial charge >= 0.3 is 0 Å². The van der Waals surface area contributed by atoms with E-state index in [4.69, 9.17) is 4.42 Å². The lowest BCUT2D eigenvalue weighted by Gasteiger charge is -2.32. The van der Waals surface area contributed by atoms with Gasteiger partial charge in [0.15, 0.2) is 0 Å². The Morgan fingerprint density at radius 2 is 1.35 bits per heavy atom. The van der Waals surface area contributed by atoms with Crippen molar-refractivity contribution in [1.29, 1.82) is 0 Å². The Labute approximate surface area is 288 Å². The average molecular weight is 633 g/mol. The molecule has 1 heterocycles. The van der Waals surface area contributed by atoms with Gasteiger partial charge in [-0.25, -0.2) is 0 Å². The predicted octanol–water partition coefficient (Wildman–Crippen LogP) is 13.4. The number of allylic oxidation sites excluding steroid dienone is 5. The average Bonchev–Trinajstić information content (AvgIpc) is 3.76. The van der Waals surface area contributed by atoms with E-state index in [1.54, 1.807) is 0 Å². The number of hydrogen-bond acceptors (Lipinski definition) is 1. The van der Waals surface area contributed by atoms with Crippen LogP contribution in [0.3, 0.4) is 0 Å². The first-order valence-electron chi connectivity index (χ1n) is 17.5. The maximum absolute atomic E-state index is 6.45. The first-order chi connectivity index (χ1) is 23.8. The zero-order valence-corrected chi connectivity index (χ0v) is 28.9. The Hall–Kier alpha value is -5.40. The molecule has 0 fully saturated rings. The van der Waals surface area contributed by atoms with Crippen molar-refractivity contribution in [2.24, 2.45) is 0 Å². The van der Waals surface area contributed by atoms with Gasteiger partial charge in [-0.2, -0.15) is 0 Å². The molecule has 0 saturated heterocycles. The van der Waals surface area contributed by atoms with Crippen molar-refractivity contribution in [3.05, 3.63) is 168 Å². The highest BCUT2D eigenvalue weighted by Crippen LogP contribution is 2.61. The molecule has 2 aliphatic rings. The van der Waals surface area contributed by atoms with Gasteiger partial charge in [-0.15, -0.1) is 0 Å². The van der Waals surface area contributed by atoms with E-state index >= 15 is 0 Å². The number of furan rings is 1. The lowest BCUT2D eigenvalue weighted by atomic mass is 9.71. The fourth-order valence-electron chi connectivity index (χ4n) is 9.17. The topological polar surface area (TPSA) is 13.1 Å². The molecule has 1 nitrogen and oxygen atoms in total. The molecule has 2 aliphatic carbocycles. The van der Waals surface area contributed by atoms with E-state index in [1.165, 1.54) is 93.7 Å². The van der Waals surface area contributed by atoms with Gasteiger partial charge in [0.25, 0.3) is 0 Å². The van der Waals surface area contributed by atoms with Crippen LogP contribution in [0.15, 0.2) is 144 Å². The Bertz CT molecular complexity index is 2590. The standard InChI is InChI=1S/C48H40O/c1-7-29(34-21-13-17-30-15-9-11-19-35(30)34)27-40-33(8-2)42-39-25-26-49-46(39)43-38-24-23-32(37-22-14-18-31-16-10-12-20-36(31)37)28-41(38)48(5,6)45(43)44(42)47(40,3)4/h8-28H,2,7H2,1,3-6H3/b29-27+. The number of fused-ring (bicyclic) bond motifs is 10. The van der Waals surface area contributed by atoms with Gasteiger partial charge in [0, 0.05) is 21.8 Å². The minimum atomic E-state index is -0.267. The van der Waals surface area contributed by atoms with E-state index < -0.39 is 0 Å². The largest absolute Gasteiger partial charge is 0.464 e. The Morgan fingerprint density at radius 3 is 2.10 bits per heavy atom. The zero-order valence-electron chi connectivity index (χ0n) is 28.9. The summed E-state index contributed by atoms with van der Waals surface area (Å²) in [7, 11) is 0. The van der Waals surface area contributed by atoms with Crippen LogP contribution >= 0.6 is 0 Å². The predicted molar refractivity (Wildman–Crippen MR) is 209 cm³/mol. The summed E-state index contributed by atoms with van der Waals surface area (Å²) in [5.41, 5.74) is 16.1. The minimum Gasteiger partial charge on any atom is -0.464 e. The van der Waals surface area contributed by atoms with Crippen LogP contribution in [0.2, 0.25) is 0 Å². The van der Waals surface area contributed by atoms with Crippen LogP contribution < -0.4 is 0 Å². The highest BCUT2D eigenvalue weighted by molar-refractivity contribution is 6.11. The molecular formula is C48H40O. The summed E-state index contributed by atoms with van der Waals surface area (Å²) >= 11 is 0. The Balaban J connectivity index is 1.28. The summed E-state index contributed by atoms with van der Waals surface area (Å²) in [5, 5.41) is 6.28. The molecule has 9 rings (SSSR count). The summed E-state index contributed by atoms with van der Waals surface area (Å²) in [6.07, 6.45) is 7.37. The smallest absolute Gasteiger partial charge is 0.142 e. The molecule has 0 aliphatic heterocycles. The van der Waals surface area contributed by atoms with Crippen LogP contribution in [0.1, 0.15) is 68.9 Å². The van der Waals surface area contributed by atoms with Gasteiger partial charge in [-0.3, -0.25) is 0 Å². The third-order valence-electron chi connectivity index (χ3n) is 11.5. The molecule has 49 heavy (non-hydrogen) atoms. The van der Waals surface area contributed by atoms with Crippen molar-refractivity contribution in [2.45, 2.75) is 51.9 Å². The third kappa shape index (κ3) is 4.05. The van der Waals surface area contributed by atoms with E-state index in [2.05, 4.69) is 163 Å². The van der Waals surface area contributed by atoms with Crippen molar-refractivity contribution in [2.75, 3.05) is 0 Å². The van der Waals surface area contributed by atoms with Crippen molar-refractivity contribution in [3.63, 3.8) is 0 Å². The SMILES string of the molecule is C=CC1=C(/C=C(\CC)c2cccc3ccccc23)C(C)(C)c2c3c(c4occc4c21)-c1ccc(-c2cccc4ccccc24)cc1C3(C)C. The maximum Gasteiger partial charge on any atom is 0.142 e. The first kappa shape index (κ1) is 29.7. The molecule has 0 amide bonds. The molecule has 0 spiro atoms. The number of hydrogen-bond donors (Lipinski definition) is 0. The van der Waals surface area contributed by atoms with E-state index in [0.717, 1.165) is 12.0 Å². The summed E-state index contributed by atoms with van der Waals surface area (Å²) in [6.45, 7) is 16.3. The molecular weight excluding hydrogens is 593 g/mol. The molecule has 238 valence electrons. The molecule has 6 aromatic carbocycles. The molecule has 0 unspecified atom stereocenters. The van der Waals surface area contributed by atoms with E-state index in [-0.39, 0.29) is 10.8 Å². The molecule has 1 heteroatoms. The minimum absolute atomic E-state index is 0.248. The summed E-state index contributed by atoms with van der Waals surface area (Å²) in [4.78, 5) is 0. The van der Waals surface area contributed by atoms with E-state index in [0.29, 0.717) is 0 Å². The van der Waals surface area contributed by atoms with Gasteiger partial charge < -0.3 is 4.42 Å². The van der Waals surface area contributed by atoms with E-state index in [1.807, 2.05) is 6.26 Å². The summed E-state index contributed by atoms with van der Waals surface area (Å²) in [6, 6.07) is 40.0. The summed E-state index contributed by atoms with van der Waals surface area (Å²) in [5.74, 6) is 0. The van der Waals surface area contributed by atoms with Crippen molar-refractivity contribution >= 4 is 43.7 Å². The highest BCUT2D eigenvalue weighted by atomic mass is 16.3. The molecule has 7 aromatic rings.